The molecular weight excluding hydrogens is 237 g/mol. The lowest BCUT2D eigenvalue weighted by molar-refractivity contribution is 0.573. The molecular formula is C17H20FN. The molecule has 1 nitrogen and oxygen atoms in total. The molecule has 2 aromatic carbocycles. The Balaban J connectivity index is 2.15. The van der Waals surface area contributed by atoms with Crippen LogP contribution in [0, 0.1) is 12.7 Å². The molecule has 0 spiro atoms. The molecule has 0 saturated heterocycles. The molecule has 0 heterocycles. The average Bonchev–Trinajstić information content (AvgIpc) is 2.42. The minimum atomic E-state index is -0.299. The number of hydrogen-bond donors (Lipinski definition) is 1. The molecule has 0 aliphatic rings. The van der Waals surface area contributed by atoms with Crippen LogP contribution in [-0.2, 0) is 12.8 Å². The van der Waals surface area contributed by atoms with Gasteiger partial charge in [-0.15, -0.1) is 0 Å². The van der Waals surface area contributed by atoms with Crippen molar-refractivity contribution < 1.29 is 4.39 Å². The molecule has 2 N–H and O–H groups in total. The summed E-state index contributed by atoms with van der Waals surface area (Å²) >= 11 is 0. The summed E-state index contributed by atoms with van der Waals surface area (Å²) < 4.78 is 14.0. The monoisotopic (exact) mass is 257 g/mol. The smallest absolute Gasteiger partial charge is 0.130 e. The van der Waals surface area contributed by atoms with Crippen molar-refractivity contribution in [2.45, 2.75) is 32.7 Å². The molecule has 2 rings (SSSR count). The van der Waals surface area contributed by atoms with Crippen LogP contribution in [0.2, 0.25) is 0 Å². The number of aryl methyl sites for hydroxylation is 2. The van der Waals surface area contributed by atoms with Gasteiger partial charge in [-0.3, -0.25) is 0 Å². The van der Waals surface area contributed by atoms with Crippen molar-refractivity contribution in [1.29, 1.82) is 0 Å². The second-order valence-electron chi connectivity index (χ2n) is 4.96. The zero-order valence-electron chi connectivity index (χ0n) is 11.5. The van der Waals surface area contributed by atoms with Crippen LogP contribution in [0.15, 0.2) is 42.5 Å². The van der Waals surface area contributed by atoms with Crippen molar-refractivity contribution in [2.75, 3.05) is 0 Å². The summed E-state index contributed by atoms with van der Waals surface area (Å²) in [5.41, 5.74) is 9.82. The molecule has 19 heavy (non-hydrogen) atoms. The fraction of sp³-hybridized carbons (Fsp3) is 0.294. The molecule has 0 fully saturated rings. The van der Waals surface area contributed by atoms with Crippen molar-refractivity contribution in [3.8, 4) is 0 Å². The lowest BCUT2D eigenvalue weighted by atomic mass is 9.97. The Morgan fingerprint density at radius 1 is 1.05 bits per heavy atom. The molecule has 2 aromatic rings. The van der Waals surface area contributed by atoms with E-state index in [4.69, 9.17) is 5.73 Å². The van der Waals surface area contributed by atoms with Gasteiger partial charge in [-0.05, 0) is 36.5 Å². The molecule has 0 bridgehead atoms. The Bertz CT molecular complexity index is 546. The van der Waals surface area contributed by atoms with Crippen LogP contribution in [-0.4, -0.2) is 0 Å². The second-order valence-corrected chi connectivity index (χ2v) is 4.96. The Labute approximate surface area is 114 Å². The highest BCUT2D eigenvalue weighted by molar-refractivity contribution is 5.30. The minimum absolute atomic E-state index is 0.180. The Hall–Kier alpha value is -1.67. The van der Waals surface area contributed by atoms with Crippen LogP contribution < -0.4 is 5.73 Å². The summed E-state index contributed by atoms with van der Waals surface area (Å²) in [6.07, 6.45) is 1.68. The van der Waals surface area contributed by atoms with Crippen molar-refractivity contribution in [3.63, 3.8) is 0 Å². The fourth-order valence-corrected chi connectivity index (χ4v) is 2.23. The summed E-state index contributed by atoms with van der Waals surface area (Å²) in [6.45, 7) is 3.89. The van der Waals surface area contributed by atoms with Gasteiger partial charge in [-0.25, -0.2) is 4.39 Å². The number of halogens is 1. The van der Waals surface area contributed by atoms with E-state index in [9.17, 15) is 4.39 Å². The van der Waals surface area contributed by atoms with E-state index in [1.54, 1.807) is 19.1 Å². The SMILES string of the molecule is CCc1ccc(CC(N)c2cccc(C)c2F)cc1. The number of benzene rings is 2. The predicted octanol–water partition coefficient (Wildman–Crippen LogP) is 3.94. The minimum Gasteiger partial charge on any atom is -0.324 e. The summed E-state index contributed by atoms with van der Waals surface area (Å²) in [5, 5.41) is 0. The van der Waals surface area contributed by atoms with E-state index in [-0.39, 0.29) is 11.9 Å². The normalized spacial score (nSPS) is 12.4. The maximum absolute atomic E-state index is 14.0. The Morgan fingerprint density at radius 2 is 1.68 bits per heavy atom. The van der Waals surface area contributed by atoms with Gasteiger partial charge >= 0.3 is 0 Å². The number of hydrogen-bond acceptors (Lipinski definition) is 1. The van der Waals surface area contributed by atoms with E-state index in [2.05, 4.69) is 31.2 Å². The summed E-state index contributed by atoms with van der Waals surface area (Å²) in [6, 6.07) is 13.5. The van der Waals surface area contributed by atoms with Gasteiger partial charge in [0.15, 0.2) is 0 Å². The van der Waals surface area contributed by atoms with Gasteiger partial charge in [-0.1, -0.05) is 49.4 Å². The standard InChI is InChI=1S/C17H20FN/c1-3-13-7-9-14(10-8-13)11-16(19)15-6-4-5-12(2)17(15)18/h4-10,16H,3,11,19H2,1-2H3. The third kappa shape index (κ3) is 3.21. The molecule has 0 aliphatic heterocycles. The highest BCUT2D eigenvalue weighted by Gasteiger charge is 2.13. The summed E-state index contributed by atoms with van der Waals surface area (Å²) in [4.78, 5) is 0. The molecule has 1 unspecified atom stereocenters. The van der Waals surface area contributed by atoms with Gasteiger partial charge in [0.25, 0.3) is 0 Å². The summed E-state index contributed by atoms with van der Waals surface area (Å²) in [5.74, 6) is -0.180. The largest absolute Gasteiger partial charge is 0.324 e. The van der Waals surface area contributed by atoms with Crippen molar-refractivity contribution in [1.82, 2.24) is 0 Å². The Morgan fingerprint density at radius 3 is 2.32 bits per heavy atom. The zero-order valence-corrected chi connectivity index (χ0v) is 11.5. The van der Waals surface area contributed by atoms with E-state index in [0.29, 0.717) is 17.5 Å². The third-order valence-corrected chi connectivity index (χ3v) is 3.51. The van der Waals surface area contributed by atoms with Crippen LogP contribution in [0.1, 0.15) is 35.2 Å². The first-order valence-electron chi connectivity index (χ1n) is 6.70. The van der Waals surface area contributed by atoms with Gasteiger partial charge in [0.05, 0.1) is 0 Å². The first-order valence-corrected chi connectivity index (χ1v) is 6.70. The van der Waals surface area contributed by atoms with Crippen LogP contribution >= 0.6 is 0 Å². The van der Waals surface area contributed by atoms with E-state index in [0.717, 1.165) is 12.0 Å². The predicted molar refractivity (Wildman–Crippen MR) is 77.6 cm³/mol. The number of rotatable bonds is 4. The third-order valence-electron chi connectivity index (χ3n) is 3.51. The van der Waals surface area contributed by atoms with Gasteiger partial charge in [0.2, 0.25) is 0 Å². The quantitative estimate of drug-likeness (QED) is 0.882. The highest BCUT2D eigenvalue weighted by atomic mass is 19.1. The van der Waals surface area contributed by atoms with Crippen LogP contribution in [0.3, 0.4) is 0 Å². The van der Waals surface area contributed by atoms with Crippen molar-refractivity contribution in [3.05, 3.63) is 70.5 Å². The topological polar surface area (TPSA) is 26.0 Å². The number of nitrogens with two attached hydrogens (primary N) is 1. The zero-order chi connectivity index (χ0) is 13.8. The van der Waals surface area contributed by atoms with E-state index < -0.39 is 0 Å². The van der Waals surface area contributed by atoms with Crippen LogP contribution in [0.4, 0.5) is 4.39 Å². The second kappa shape index (κ2) is 5.98. The molecule has 0 saturated carbocycles. The first-order chi connectivity index (χ1) is 9.11. The van der Waals surface area contributed by atoms with Crippen LogP contribution in [0.5, 0.6) is 0 Å². The van der Waals surface area contributed by atoms with Gasteiger partial charge < -0.3 is 5.73 Å². The van der Waals surface area contributed by atoms with E-state index >= 15 is 0 Å². The lowest BCUT2D eigenvalue weighted by Crippen LogP contribution is -2.15. The summed E-state index contributed by atoms with van der Waals surface area (Å²) in [7, 11) is 0. The van der Waals surface area contributed by atoms with Gasteiger partial charge in [0.1, 0.15) is 5.82 Å². The van der Waals surface area contributed by atoms with Gasteiger partial charge in [-0.2, -0.15) is 0 Å². The molecule has 1 atom stereocenters. The molecule has 0 radical (unpaired) electrons. The maximum atomic E-state index is 14.0. The van der Waals surface area contributed by atoms with Crippen LogP contribution in [0.25, 0.3) is 0 Å². The van der Waals surface area contributed by atoms with E-state index in [1.807, 2.05) is 6.07 Å². The van der Waals surface area contributed by atoms with Crippen molar-refractivity contribution in [2.24, 2.45) is 5.73 Å². The molecule has 0 amide bonds. The molecule has 0 aliphatic carbocycles. The first kappa shape index (κ1) is 13.8. The molecule has 2 heteroatoms. The molecule has 100 valence electrons. The lowest BCUT2D eigenvalue weighted by Gasteiger charge is -2.14. The molecule has 0 aromatic heterocycles. The fourth-order valence-electron chi connectivity index (χ4n) is 2.23. The maximum Gasteiger partial charge on any atom is 0.130 e. The van der Waals surface area contributed by atoms with Crippen molar-refractivity contribution >= 4 is 0 Å². The van der Waals surface area contributed by atoms with E-state index in [1.165, 1.54) is 5.56 Å². The Kier molecular flexibility index (Phi) is 4.33. The van der Waals surface area contributed by atoms with Gasteiger partial charge in [0, 0.05) is 11.6 Å². The highest BCUT2D eigenvalue weighted by Crippen LogP contribution is 2.21. The average molecular weight is 257 g/mol.